The molecule has 0 saturated heterocycles. The summed E-state index contributed by atoms with van der Waals surface area (Å²) in [7, 11) is -3.57. The first-order valence-electron chi connectivity index (χ1n) is 10.4. The molecule has 1 heterocycles. The van der Waals surface area contributed by atoms with Gasteiger partial charge >= 0.3 is 7.60 Å². The summed E-state index contributed by atoms with van der Waals surface area (Å²) in [5, 5.41) is 14.7. The van der Waals surface area contributed by atoms with E-state index in [1.807, 2.05) is 6.07 Å². The van der Waals surface area contributed by atoms with E-state index in [9.17, 15) is 14.7 Å². The third kappa shape index (κ3) is 5.46. The minimum Gasteiger partial charge on any atom is -0.421 e. The van der Waals surface area contributed by atoms with Crippen LogP contribution in [0.4, 0.5) is 17.2 Å². The van der Waals surface area contributed by atoms with Crippen LogP contribution in [0.5, 0.6) is 5.75 Å². The monoisotopic (exact) mass is 476 g/mol. The largest absolute Gasteiger partial charge is 0.421 e. The van der Waals surface area contributed by atoms with Crippen LogP contribution in [0.3, 0.4) is 0 Å². The molecule has 4 aromatic rings. The molecular formula is C24H21N4O5P. The fourth-order valence-electron chi connectivity index (χ4n) is 3.21. The van der Waals surface area contributed by atoms with Crippen LogP contribution in [0.1, 0.15) is 6.92 Å². The molecule has 1 unspecified atom stereocenters. The predicted octanol–water partition coefficient (Wildman–Crippen LogP) is 5.73. The van der Waals surface area contributed by atoms with Crippen LogP contribution in [0.25, 0.3) is 11.3 Å². The summed E-state index contributed by atoms with van der Waals surface area (Å²) in [5.74, 6) is 0.836. The molecule has 1 atom stereocenters. The molecule has 1 aromatic heterocycles. The molecule has 172 valence electrons. The highest BCUT2D eigenvalue weighted by atomic mass is 31.2. The van der Waals surface area contributed by atoms with Crippen molar-refractivity contribution < 1.29 is 18.5 Å². The van der Waals surface area contributed by atoms with Gasteiger partial charge in [0.1, 0.15) is 17.9 Å². The molecule has 0 fully saturated rings. The molecule has 0 aliphatic heterocycles. The summed E-state index contributed by atoms with van der Waals surface area (Å²) in [4.78, 5) is 19.1. The lowest BCUT2D eigenvalue weighted by Crippen LogP contribution is -2.12. The summed E-state index contributed by atoms with van der Waals surface area (Å²) in [6.07, 6.45) is 1.37. The Morgan fingerprint density at radius 2 is 1.76 bits per heavy atom. The second-order valence-electron chi connectivity index (χ2n) is 7.09. The quantitative estimate of drug-likeness (QED) is 0.185. The van der Waals surface area contributed by atoms with E-state index in [-0.39, 0.29) is 12.3 Å². The molecule has 3 aromatic carbocycles. The Bertz CT molecular complexity index is 1350. The van der Waals surface area contributed by atoms with E-state index in [1.165, 1.54) is 18.5 Å². The van der Waals surface area contributed by atoms with Gasteiger partial charge in [0.25, 0.3) is 5.69 Å². The summed E-state index contributed by atoms with van der Waals surface area (Å²) in [5.41, 5.74) is 1.74. The summed E-state index contributed by atoms with van der Waals surface area (Å²) in [6.45, 7) is 1.98. The van der Waals surface area contributed by atoms with Gasteiger partial charge in [-0.25, -0.2) is 14.5 Å². The SMILES string of the molecule is CCOP(=O)(Oc1cccc(Nc2cc(-c3cccc([N+](=O)[O-])c3)ncn2)c1)c1ccccc1. The number of benzene rings is 3. The Morgan fingerprint density at radius 1 is 0.971 bits per heavy atom. The molecule has 9 nitrogen and oxygen atoms in total. The molecule has 0 aliphatic rings. The van der Waals surface area contributed by atoms with Gasteiger partial charge in [-0.05, 0) is 31.2 Å². The van der Waals surface area contributed by atoms with Crippen LogP contribution in [0, 0.1) is 10.1 Å². The maximum absolute atomic E-state index is 13.4. The molecule has 10 heteroatoms. The first-order chi connectivity index (χ1) is 16.5. The Balaban J connectivity index is 1.56. The lowest BCUT2D eigenvalue weighted by molar-refractivity contribution is -0.384. The van der Waals surface area contributed by atoms with Crippen LogP contribution in [0.15, 0.2) is 91.3 Å². The molecule has 34 heavy (non-hydrogen) atoms. The Morgan fingerprint density at radius 3 is 2.53 bits per heavy atom. The third-order valence-corrected chi connectivity index (χ3v) is 6.70. The Kier molecular flexibility index (Phi) is 6.96. The molecule has 0 amide bonds. The van der Waals surface area contributed by atoms with Gasteiger partial charge in [-0.2, -0.15) is 0 Å². The van der Waals surface area contributed by atoms with Gasteiger partial charge in [-0.3, -0.25) is 14.6 Å². The second kappa shape index (κ2) is 10.2. The zero-order valence-electron chi connectivity index (χ0n) is 18.2. The average Bonchev–Trinajstić information content (AvgIpc) is 2.85. The van der Waals surface area contributed by atoms with Crippen molar-refractivity contribution >= 4 is 30.1 Å². The van der Waals surface area contributed by atoms with Crippen molar-refractivity contribution in [1.82, 2.24) is 9.97 Å². The summed E-state index contributed by atoms with van der Waals surface area (Å²) in [6, 6.07) is 23.6. The molecule has 4 rings (SSSR count). The molecule has 0 aliphatic carbocycles. The van der Waals surface area contributed by atoms with Crippen molar-refractivity contribution in [2.24, 2.45) is 0 Å². The van der Waals surface area contributed by atoms with Crippen molar-refractivity contribution in [3.8, 4) is 17.0 Å². The standard InChI is InChI=1S/C24H21N4O5P/c1-2-32-34(31,22-12-4-3-5-13-22)33-21-11-7-9-19(15-21)27-24-16-23(25-17-26-24)18-8-6-10-20(14-18)28(29)30/h3-17H,2H2,1H3,(H,25,26,27). The second-order valence-corrected chi connectivity index (χ2v) is 9.04. The van der Waals surface area contributed by atoms with Crippen molar-refractivity contribution in [3.05, 3.63) is 101 Å². The van der Waals surface area contributed by atoms with E-state index < -0.39 is 12.5 Å². The molecular weight excluding hydrogens is 455 g/mol. The predicted molar refractivity (Wildman–Crippen MR) is 130 cm³/mol. The number of nitro groups is 1. The van der Waals surface area contributed by atoms with Crippen molar-refractivity contribution in [3.63, 3.8) is 0 Å². The smallest absolute Gasteiger partial charge is 0.410 e. The molecule has 0 spiro atoms. The third-order valence-electron chi connectivity index (χ3n) is 4.72. The lowest BCUT2D eigenvalue weighted by Gasteiger charge is -2.19. The zero-order valence-corrected chi connectivity index (χ0v) is 19.1. The molecule has 1 N–H and O–H groups in total. The summed E-state index contributed by atoms with van der Waals surface area (Å²) >= 11 is 0. The van der Waals surface area contributed by atoms with Crippen LogP contribution >= 0.6 is 7.60 Å². The highest BCUT2D eigenvalue weighted by Gasteiger charge is 2.28. The van der Waals surface area contributed by atoms with Crippen LogP contribution < -0.4 is 15.1 Å². The van der Waals surface area contributed by atoms with Crippen molar-refractivity contribution in [2.45, 2.75) is 6.92 Å². The van der Waals surface area contributed by atoms with E-state index in [0.29, 0.717) is 33.8 Å². The van der Waals surface area contributed by atoms with E-state index in [2.05, 4.69) is 15.3 Å². The number of anilines is 2. The normalized spacial score (nSPS) is 12.5. The van der Waals surface area contributed by atoms with E-state index in [1.54, 1.807) is 73.7 Å². The number of nitro benzene ring substituents is 1. The van der Waals surface area contributed by atoms with Gasteiger partial charge in [-0.1, -0.05) is 36.4 Å². The minimum absolute atomic E-state index is 0.0207. The maximum Gasteiger partial charge on any atom is 0.410 e. The number of hydrogen-bond donors (Lipinski definition) is 1. The summed E-state index contributed by atoms with van der Waals surface area (Å²) < 4.78 is 24.7. The Hall–Kier alpha value is -4.07. The number of nitrogens with one attached hydrogen (secondary N) is 1. The maximum atomic E-state index is 13.4. The topological polar surface area (TPSA) is 116 Å². The van der Waals surface area contributed by atoms with Gasteiger partial charge in [0.2, 0.25) is 0 Å². The fourth-order valence-corrected chi connectivity index (χ4v) is 4.79. The zero-order chi connectivity index (χ0) is 24.0. The van der Waals surface area contributed by atoms with Gasteiger partial charge in [-0.15, -0.1) is 0 Å². The number of hydrogen-bond acceptors (Lipinski definition) is 8. The Labute approximate surface area is 196 Å². The number of aromatic nitrogens is 2. The lowest BCUT2D eigenvalue weighted by atomic mass is 10.1. The van der Waals surface area contributed by atoms with Crippen molar-refractivity contribution in [1.29, 1.82) is 0 Å². The number of rotatable bonds is 9. The minimum atomic E-state index is -3.57. The number of nitrogens with zero attached hydrogens (tertiary/aromatic N) is 3. The first-order valence-corrected chi connectivity index (χ1v) is 11.9. The van der Waals surface area contributed by atoms with E-state index >= 15 is 0 Å². The van der Waals surface area contributed by atoms with Crippen LogP contribution in [0.2, 0.25) is 0 Å². The van der Waals surface area contributed by atoms with Gasteiger partial charge < -0.3 is 9.84 Å². The van der Waals surface area contributed by atoms with Gasteiger partial charge in [0.05, 0.1) is 22.5 Å². The highest BCUT2D eigenvalue weighted by Crippen LogP contribution is 2.47. The van der Waals surface area contributed by atoms with Crippen LogP contribution in [-0.4, -0.2) is 21.5 Å². The molecule has 0 bridgehead atoms. The van der Waals surface area contributed by atoms with E-state index in [0.717, 1.165) is 0 Å². The molecule has 0 saturated carbocycles. The van der Waals surface area contributed by atoms with Crippen molar-refractivity contribution in [2.75, 3.05) is 11.9 Å². The van der Waals surface area contributed by atoms with Crippen LogP contribution in [-0.2, 0) is 9.09 Å². The number of non-ortho nitro benzene ring substituents is 1. The first kappa shape index (κ1) is 23.1. The van der Waals surface area contributed by atoms with Gasteiger partial charge in [0.15, 0.2) is 0 Å². The van der Waals surface area contributed by atoms with Gasteiger partial charge in [0, 0.05) is 35.5 Å². The average molecular weight is 476 g/mol. The van der Waals surface area contributed by atoms with E-state index in [4.69, 9.17) is 9.05 Å². The molecule has 0 radical (unpaired) electrons. The fraction of sp³-hybridized carbons (Fsp3) is 0.0833. The highest BCUT2D eigenvalue weighted by molar-refractivity contribution is 7.62.